The molecule has 222 valence electrons. The molecule has 0 unspecified atom stereocenters. The largest absolute Gasteiger partial charge is 0.491 e. The predicted molar refractivity (Wildman–Crippen MR) is 164 cm³/mol. The van der Waals surface area contributed by atoms with E-state index in [-0.39, 0.29) is 42.6 Å². The topological polar surface area (TPSA) is 72.9 Å². The Kier molecular flexibility index (Phi) is 11.3. The summed E-state index contributed by atoms with van der Waals surface area (Å²) in [5.41, 5.74) is 1.22. The average molecular weight is 694 g/mol. The summed E-state index contributed by atoms with van der Waals surface area (Å²) in [5, 5.41) is 0. The van der Waals surface area contributed by atoms with Gasteiger partial charge in [-0.25, -0.2) is 0 Å². The van der Waals surface area contributed by atoms with Crippen LogP contribution in [0.2, 0.25) is 0 Å². The molecule has 0 bridgehead atoms. The molecule has 0 aliphatic carbocycles. The number of carbonyl (C=O) groups excluding carboxylic acids is 1. The van der Waals surface area contributed by atoms with Crippen LogP contribution in [-0.2, 0) is 38.5 Å². The van der Waals surface area contributed by atoms with Crippen LogP contribution in [-0.4, -0.2) is 51.3 Å². The van der Waals surface area contributed by atoms with Crippen LogP contribution in [0.1, 0.15) is 55.4 Å². The van der Waals surface area contributed by atoms with Crippen molar-refractivity contribution in [3.05, 3.63) is 64.7 Å². The minimum atomic E-state index is -3.68. The summed E-state index contributed by atoms with van der Waals surface area (Å²) in [4.78, 5) is 15.3. The van der Waals surface area contributed by atoms with Crippen LogP contribution >= 0.6 is 69.6 Å². The fourth-order valence-corrected chi connectivity index (χ4v) is 6.31. The molecule has 13 heteroatoms. The summed E-state index contributed by atoms with van der Waals surface area (Å²) in [5.74, 6) is 0.619. The second-order valence-electron chi connectivity index (χ2n) is 10.2. The van der Waals surface area contributed by atoms with Gasteiger partial charge in [-0.05, 0) is 56.4 Å². The maximum atomic E-state index is 13.5. The first-order chi connectivity index (χ1) is 18.4. The number of rotatable bonds is 9. The van der Waals surface area contributed by atoms with Gasteiger partial charge in [0.2, 0.25) is 13.5 Å². The lowest BCUT2D eigenvalue weighted by molar-refractivity contribution is -0.132. The smallest absolute Gasteiger partial charge is 0.264 e. The molecule has 1 fully saturated rings. The molecular weight excluding hydrogens is 663 g/mol. The van der Waals surface area contributed by atoms with E-state index < -0.39 is 23.1 Å². The number of amides is 1. The molecular formula is C27H31Cl6NO5S. The Hall–Kier alpha value is -0.640. The van der Waals surface area contributed by atoms with Gasteiger partial charge in [0.25, 0.3) is 10.1 Å². The molecule has 6 nitrogen and oxygen atoms in total. The van der Waals surface area contributed by atoms with Gasteiger partial charge in [-0.1, -0.05) is 99.9 Å². The number of piperidine rings is 1. The monoisotopic (exact) mass is 691 g/mol. The lowest BCUT2D eigenvalue weighted by atomic mass is 9.71. The van der Waals surface area contributed by atoms with Gasteiger partial charge in [0.1, 0.15) is 5.75 Å². The van der Waals surface area contributed by atoms with E-state index in [9.17, 15) is 13.2 Å². The van der Waals surface area contributed by atoms with Crippen molar-refractivity contribution >= 4 is 85.6 Å². The zero-order chi connectivity index (χ0) is 29.9. The summed E-state index contributed by atoms with van der Waals surface area (Å²) < 4.78 is 30.6. The summed E-state index contributed by atoms with van der Waals surface area (Å²) >= 11 is 37.3. The summed E-state index contributed by atoms with van der Waals surface area (Å²) in [6.45, 7) is 4.62. The van der Waals surface area contributed by atoms with Gasteiger partial charge in [-0.3, -0.25) is 8.98 Å². The lowest BCUT2D eigenvalue weighted by Gasteiger charge is -2.44. The van der Waals surface area contributed by atoms with Gasteiger partial charge in [-0.15, -0.1) is 0 Å². The molecule has 0 radical (unpaired) electrons. The highest BCUT2D eigenvalue weighted by molar-refractivity contribution is 7.85. The molecule has 1 aliphatic rings. The van der Waals surface area contributed by atoms with Crippen LogP contribution in [0.3, 0.4) is 0 Å². The molecule has 1 saturated heterocycles. The maximum absolute atomic E-state index is 13.5. The standard InChI is InChI=1S/C27H31Cl6NO5S/c1-18(2)39-21-7-4-6-19(14-21)15-24(35)34-12-5-10-25(17-34,11-13-38-40(3,36)37)20-8-9-22(26(28,29)30)23(16-20)27(31,32)33/h4,6-9,14,16,18H,5,10-13,15,17H2,1-3H3/t25-/m1/s1. The van der Waals surface area contributed by atoms with Crippen LogP contribution in [0.4, 0.5) is 0 Å². The fraction of sp³-hybridized carbons (Fsp3) is 0.519. The first-order valence-electron chi connectivity index (χ1n) is 12.6. The molecule has 1 heterocycles. The molecule has 0 spiro atoms. The van der Waals surface area contributed by atoms with Crippen LogP contribution < -0.4 is 4.74 Å². The number of benzene rings is 2. The van der Waals surface area contributed by atoms with Crippen molar-refractivity contribution in [2.75, 3.05) is 26.0 Å². The molecule has 3 rings (SSSR count). The molecule has 1 atom stereocenters. The highest BCUT2D eigenvalue weighted by atomic mass is 35.6. The van der Waals surface area contributed by atoms with Crippen molar-refractivity contribution in [1.82, 2.24) is 4.90 Å². The number of alkyl halides is 6. The quantitative estimate of drug-likeness (QED) is 0.200. The van der Waals surface area contributed by atoms with Crippen molar-refractivity contribution in [3.63, 3.8) is 0 Å². The summed E-state index contributed by atoms with van der Waals surface area (Å²) in [6.07, 6.45) is 2.76. The van der Waals surface area contributed by atoms with Crippen molar-refractivity contribution in [1.29, 1.82) is 0 Å². The van der Waals surface area contributed by atoms with E-state index in [2.05, 4.69) is 0 Å². The zero-order valence-corrected chi connectivity index (χ0v) is 27.6. The number of carbonyl (C=O) groups is 1. The van der Waals surface area contributed by atoms with Crippen molar-refractivity contribution in [3.8, 4) is 5.75 Å². The van der Waals surface area contributed by atoms with Crippen molar-refractivity contribution in [2.24, 2.45) is 0 Å². The average Bonchev–Trinajstić information content (AvgIpc) is 2.81. The third-order valence-electron chi connectivity index (χ3n) is 6.68. The number of hydrogen-bond donors (Lipinski definition) is 0. The third kappa shape index (κ3) is 9.43. The fourth-order valence-electron chi connectivity index (χ4n) is 4.96. The van der Waals surface area contributed by atoms with Gasteiger partial charge >= 0.3 is 0 Å². The van der Waals surface area contributed by atoms with E-state index in [1.807, 2.05) is 38.1 Å². The third-order valence-corrected chi connectivity index (χ3v) is 8.49. The van der Waals surface area contributed by atoms with Crippen LogP contribution in [0.5, 0.6) is 5.75 Å². The molecule has 2 aromatic rings. The van der Waals surface area contributed by atoms with Gasteiger partial charge in [-0.2, -0.15) is 8.42 Å². The SMILES string of the molecule is CC(C)Oc1cccc(CC(=O)N2CCC[C@](CCOS(C)(=O)=O)(c3ccc(C(Cl)(Cl)Cl)c(C(Cl)(Cl)Cl)c3)C2)c1. The Labute approximate surface area is 266 Å². The van der Waals surface area contributed by atoms with E-state index >= 15 is 0 Å². The lowest BCUT2D eigenvalue weighted by Crippen LogP contribution is -2.49. The molecule has 0 N–H and O–H groups in total. The number of halogens is 6. The van der Waals surface area contributed by atoms with Crippen LogP contribution in [0.25, 0.3) is 0 Å². The van der Waals surface area contributed by atoms with Crippen LogP contribution in [0, 0.1) is 0 Å². The van der Waals surface area contributed by atoms with E-state index in [4.69, 9.17) is 78.5 Å². The molecule has 40 heavy (non-hydrogen) atoms. The maximum Gasteiger partial charge on any atom is 0.264 e. The number of hydrogen-bond acceptors (Lipinski definition) is 5. The summed E-state index contributed by atoms with van der Waals surface area (Å²) in [7, 11) is -3.68. The first kappa shape index (κ1) is 33.9. The van der Waals surface area contributed by atoms with E-state index in [1.54, 1.807) is 23.1 Å². The highest BCUT2D eigenvalue weighted by Crippen LogP contribution is 2.50. The Morgan fingerprint density at radius 3 is 2.30 bits per heavy atom. The van der Waals surface area contributed by atoms with Gasteiger partial charge in [0.15, 0.2) is 0 Å². The Morgan fingerprint density at radius 2 is 1.70 bits per heavy atom. The summed E-state index contributed by atoms with van der Waals surface area (Å²) in [6, 6.07) is 12.4. The molecule has 0 aromatic heterocycles. The normalized spacial score (nSPS) is 18.7. The molecule has 0 saturated carbocycles. The number of ether oxygens (including phenoxy) is 1. The van der Waals surface area contributed by atoms with Gasteiger partial charge in [0.05, 0.1) is 25.4 Å². The number of likely N-dealkylation sites (tertiary alicyclic amines) is 1. The van der Waals surface area contributed by atoms with Gasteiger partial charge in [0, 0.05) is 29.6 Å². The van der Waals surface area contributed by atoms with E-state index in [0.717, 1.165) is 11.8 Å². The molecule has 1 aliphatic heterocycles. The second kappa shape index (κ2) is 13.3. The zero-order valence-electron chi connectivity index (χ0n) is 22.2. The van der Waals surface area contributed by atoms with E-state index in [1.165, 1.54) is 0 Å². The number of nitrogens with zero attached hydrogens (tertiary/aromatic N) is 1. The Morgan fingerprint density at radius 1 is 1.02 bits per heavy atom. The van der Waals surface area contributed by atoms with Gasteiger partial charge < -0.3 is 9.64 Å². The Balaban J connectivity index is 1.97. The Bertz CT molecular complexity index is 1310. The second-order valence-corrected chi connectivity index (χ2v) is 16.4. The molecule has 1 amide bonds. The predicted octanol–water partition coefficient (Wildman–Crippen LogP) is 7.60. The minimum absolute atomic E-state index is 0.00774. The molecule has 2 aromatic carbocycles. The first-order valence-corrected chi connectivity index (χ1v) is 16.6. The van der Waals surface area contributed by atoms with Crippen molar-refractivity contribution in [2.45, 2.75) is 58.6 Å². The van der Waals surface area contributed by atoms with Crippen molar-refractivity contribution < 1.29 is 22.1 Å². The van der Waals surface area contributed by atoms with Crippen LogP contribution in [0.15, 0.2) is 42.5 Å². The minimum Gasteiger partial charge on any atom is -0.491 e. The van der Waals surface area contributed by atoms with E-state index in [0.29, 0.717) is 37.2 Å². The highest BCUT2D eigenvalue weighted by Gasteiger charge is 2.41.